The predicted octanol–water partition coefficient (Wildman–Crippen LogP) is 4.92. The Morgan fingerprint density at radius 3 is 2.35 bits per heavy atom. The van der Waals surface area contributed by atoms with E-state index in [1.807, 2.05) is 80.6 Å². The topological polar surface area (TPSA) is 58.6 Å². The summed E-state index contributed by atoms with van der Waals surface area (Å²) in [4.78, 5) is 27.4. The van der Waals surface area contributed by atoms with E-state index in [9.17, 15) is 9.59 Å². The maximum absolute atomic E-state index is 13.2. The van der Waals surface area contributed by atoms with E-state index in [2.05, 4.69) is 21.2 Å². The number of ether oxygens (including phenoxy) is 1. The number of hydrogen-bond donors (Lipinski definition) is 1. The maximum atomic E-state index is 13.2. The number of hydrogen-bond acceptors (Lipinski definition) is 3. The lowest BCUT2D eigenvalue weighted by Gasteiger charge is -2.29. The normalized spacial score (nSPS) is 11.9. The summed E-state index contributed by atoms with van der Waals surface area (Å²) in [5, 5.41) is 4.88. The molecule has 3 aromatic carbocycles. The van der Waals surface area contributed by atoms with Crippen molar-refractivity contribution in [1.82, 2.24) is 10.2 Å². The van der Waals surface area contributed by atoms with Gasteiger partial charge in [-0.1, -0.05) is 64.5 Å². The molecule has 0 aliphatic heterocycles. The fourth-order valence-corrected chi connectivity index (χ4v) is 3.58. The molecule has 5 nitrogen and oxygen atoms in total. The van der Waals surface area contributed by atoms with Crippen molar-refractivity contribution in [2.45, 2.75) is 39.4 Å². The molecule has 0 fully saturated rings. The van der Waals surface area contributed by atoms with Crippen LogP contribution < -0.4 is 10.1 Å². The van der Waals surface area contributed by atoms with Crippen molar-refractivity contribution in [3.8, 4) is 5.75 Å². The van der Waals surface area contributed by atoms with E-state index < -0.39 is 6.04 Å². The van der Waals surface area contributed by atoms with Gasteiger partial charge in [-0.25, -0.2) is 0 Å². The molecule has 0 heterocycles. The van der Waals surface area contributed by atoms with Crippen LogP contribution in [0.5, 0.6) is 5.75 Å². The van der Waals surface area contributed by atoms with Crippen LogP contribution in [0.1, 0.15) is 26.3 Å². The summed E-state index contributed by atoms with van der Waals surface area (Å²) in [6.07, 6.45) is 0. The Morgan fingerprint density at radius 2 is 1.65 bits per heavy atom. The molecular formula is C25H27BrN2O3. The molecule has 0 radical (unpaired) electrons. The lowest BCUT2D eigenvalue weighted by molar-refractivity contribution is -0.142. The van der Waals surface area contributed by atoms with Crippen LogP contribution in [0, 0.1) is 0 Å². The molecule has 162 valence electrons. The van der Waals surface area contributed by atoms with E-state index in [0.717, 1.165) is 20.8 Å². The molecule has 0 unspecified atom stereocenters. The summed E-state index contributed by atoms with van der Waals surface area (Å²) in [5.41, 5.74) is 0.936. The standard InChI is InChI=1S/C25H27BrN2O3/c1-17(2)27-25(30)18(3)28(15-19-11-13-21(26)14-12-19)24(29)16-31-23-10-6-8-20-7-4-5-9-22(20)23/h4-14,17-18H,15-16H2,1-3H3,(H,27,30)/t18-/m0/s1. The highest BCUT2D eigenvalue weighted by Crippen LogP contribution is 2.25. The zero-order valence-electron chi connectivity index (χ0n) is 18.0. The smallest absolute Gasteiger partial charge is 0.261 e. The first-order valence-electron chi connectivity index (χ1n) is 10.3. The van der Waals surface area contributed by atoms with Crippen LogP contribution in [0.25, 0.3) is 10.8 Å². The van der Waals surface area contributed by atoms with Gasteiger partial charge in [-0.05, 0) is 49.9 Å². The molecule has 0 saturated carbocycles. The summed E-state index contributed by atoms with van der Waals surface area (Å²) >= 11 is 3.43. The van der Waals surface area contributed by atoms with Gasteiger partial charge < -0.3 is 15.0 Å². The first-order chi connectivity index (χ1) is 14.8. The van der Waals surface area contributed by atoms with Crippen LogP contribution >= 0.6 is 15.9 Å². The van der Waals surface area contributed by atoms with Gasteiger partial charge in [-0.3, -0.25) is 9.59 Å². The molecular weight excluding hydrogens is 456 g/mol. The Morgan fingerprint density at radius 1 is 0.968 bits per heavy atom. The monoisotopic (exact) mass is 482 g/mol. The van der Waals surface area contributed by atoms with E-state index in [0.29, 0.717) is 12.3 Å². The Labute approximate surface area is 191 Å². The molecule has 0 bridgehead atoms. The fourth-order valence-electron chi connectivity index (χ4n) is 3.32. The third kappa shape index (κ3) is 6.07. The SMILES string of the molecule is CC(C)NC(=O)[C@H](C)N(Cc1ccc(Br)cc1)C(=O)COc1cccc2ccccc12. The number of rotatable bonds is 8. The molecule has 1 atom stereocenters. The second-order valence-corrected chi connectivity index (χ2v) is 8.67. The minimum absolute atomic E-state index is 0.00786. The number of carbonyl (C=O) groups excluding carboxylic acids is 2. The molecule has 1 N–H and O–H groups in total. The average Bonchev–Trinajstić information content (AvgIpc) is 2.76. The highest BCUT2D eigenvalue weighted by Gasteiger charge is 2.27. The number of benzene rings is 3. The number of nitrogens with one attached hydrogen (secondary N) is 1. The molecule has 0 aromatic heterocycles. The van der Waals surface area contributed by atoms with Gasteiger partial charge >= 0.3 is 0 Å². The van der Waals surface area contributed by atoms with Crippen LogP contribution in [0.15, 0.2) is 71.2 Å². The highest BCUT2D eigenvalue weighted by atomic mass is 79.9. The van der Waals surface area contributed by atoms with Crippen molar-refractivity contribution in [1.29, 1.82) is 0 Å². The lowest BCUT2D eigenvalue weighted by atomic mass is 10.1. The summed E-state index contributed by atoms with van der Waals surface area (Å²) in [6.45, 7) is 5.71. The number of amides is 2. The molecule has 0 aliphatic rings. The first kappa shape index (κ1) is 22.8. The van der Waals surface area contributed by atoms with Gasteiger partial charge in [0.1, 0.15) is 11.8 Å². The van der Waals surface area contributed by atoms with Gasteiger partial charge in [-0.2, -0.15) is 0 Å². The fraction of sp³-hybridized carbons (Fsp3) is 0.280. The molecule has 0 saturated heterocycles. The Hall–Kier alpha value is -2.86. The Balaban J connectivity index is 1.78. The third-order valence-corrected chi connectivity index (χ3v) is 5.49. The molecule has 2 amide bonds. The van der Waals surface area contributed by atoms with Crippen LogP contribution in [0.4, 0.5) is 0 Å². The van der Waals surface area contributed by atoms with Gasteiger partial charge in [0, 0.05) is 22.4 Å². The van der Waals surface area contributed by atoms with Crippen LogP contribution in [0.3, 0.4) is 0 Å². The number of fused-ring (bicyclic) bond motifs is 1. The van der Waals surface area contributed by atoms with Gasteiger partial charge in [0.05, 0.1) is 0 Å². The maximum Gasteiger partial charge on any atom is 0.261 e. The minimum Gasteiger partial charge on any atom is -0.483 e. The number of carbonyl (C=O) groups is 2. The van der Waals surface area contributed by atoms with Gasteiger partial charge in [0.2, 0.25) is 5.91 Å². The van der Waals surface area contributed by atoms with E-state index in [4.69, 9.17) is 4.74 Å². The Kier molecular flexibility index (Phi) is 7.69. The summed E-state index contributed by atoms with van der Waals surface area (Å²) in [6, 6.07) is 20.7. The van der Waals surface area contributed by atoms with E-state index in [-0.39, 0.29) is 24.5 Å². The molecule has 0 spiro atoms. The lowest BCUT2D eigenvalue weighted by Crippen LogP contribution is -2.50. The third-order valence-electron chi connectivity index (χ3n) is 4.97. The summed E-state index contributed by atoms with van der Waals surface area (Å²) < 4.78 is 6.86. The van der Waals surface area contributed by atoms with Crippen LogP contribution in [-0.2, 0) is 16.1 Å². The van der Waals surface area contributed by atoms with Gasteiger partial charge in [-0.15, -0.1) is 0 Å². The number of halogens is 1. The van der Waals surface area contributed by atoms with Gasteiger partial charge in [0.15, 0.2) is 6.61 Å². The average molecular weight is 483 g/mol. The minimum atomic E-state index is -0.630. The predicted molar refractivity (Wildman–Crippen MR) is 127 cm³/mol. The highest BCUT2D eigenvalue weighted by molar-refractivity contribution is 9.10. The van der Waals surface area contributed by atoms with E-state index in [1.54, 1.807) is 11.8 Å². The summed E-state index contributed by atoms with van der Waals surface area (Å²) in [5.74, 6) is 0.210. The first-order valence-corrected chi connectivity index (χ1v) is 11.1. The number of nitrogens with zero attached hydrogens (tertiary/aromatic N) is 1. The van der Waals surface area contributed by atoms with Crippen LogP contribution in [-0.4, -0.2) is 35.4 Å². The van der Waals surface area contributed by atoms with Crippen molar-refractivity contribution < 1.29 is 14.3 Å². The second kappa shape index (κ2) is 10.4. The van der Waals surface area contributed by atoms with Gasteiger partial charge in [0.25, 0.3) is 5.91 Å². The van der Waals surface area contributed by atoms with Crippen molar-refractivity contribution in [3.63, 3.8) is 0 Å². The quantitative estimate of drug-likeness (QED) is 0.495. The molecule has 3 rings (SSSR count). The Bertz CT molecular complexity index is 1040. The molecule has 0 aliphatic carbocycles. The molecule has 6 heteroatoms. The largest absolute Gasteiger partial charge is 0.483 e. The second-order valence-electron chi connectivity index (χ2n) is 7.75. The van der Waals surface area contributed by atoms with Crippen molar-refractivity contribution in [2.75, 3.05) is 6.61 Å². The van der Waals surface area contributed by atoms with Crippen molar-refractivity contribution in [2.24, 2.45) is 0 Å². The van der Waals surface area contributed by atoms with Crippen molar-refractivity contribution in [3.05, 3.63) is 76.8 Å². The summed E-state index contributed by atoms with van der Waals surface area (Å²) in [7, 11) is 0. The van der Waals surface area contributed by atoms with Crippen LogP contribution in [0.2, 0.25) is 0 Å². The zero-order valence-corrected chi connectivity index (χ0v) is 19.6. The molecule has 3 aromatic rings. The molecule has 31 heavy (non-hydrogen) atoms. The van der Waals surface area contributed by atoms with E-state index >= 15 is 0 Å². The van der Waals surface area contributed by atoms with E-state index in [1.165, 1.54) is 0 Å². The zero-order chi connectivity index (χ0) is 22.4. The van der Waals surface area contributed by atoms with Crippen molar-refractivity contribution >= 4 is 38.5 Å².